The first-order chi connectivity index (χ1) is 20.1. The summed E-state index contributed by atoms with van der Waals surface area (Å²) in [6.07, 6.45) is 1.48. The molecule has 42 heavy (non-hydrogen) atoms. The van der Waals surface area contributed by atoms with Gasteiger partial charge in [0.05, 0.1) is 0 Å². The maximum absolute atomic E-state index is 12.4. The molecule has 0 saturated carbocycles. The second-order valence-corrected chi connectivity index (χ2v) is 9.81. The Balaban J connectivity index is 0.000000748. The van der Waals surface area contributed by atoms with Crippen molar-refractivity contribution in [2.24, 2.45) is 0 Å². The maximum atomic E-state index is 12.4. The number of benzene rings is 4. The monoisotopic (exact) mass is 591 g/mol. The number of nitrogens with zero attached hydrogens (tertiary/aromatic N) is 1. The van der Waals surface area contributed by atoms with Crippen LogP contribution in [0.4, 0.5) is 17.3 Å². The Bertz CT molecular complexity index is 1600. The van der Waals surface area contributed by atoms with E-state index in [1.807, 2.05) is 78.9 Å². The Morgan fingerprint density at radius 3 is 1.76 bits per heavy atom. The van der Waals surface area contributed by atoms with Gasteiger partial charge in [-0.2, -0.15) is 4.57 Å². The third-order valence-corrected chi connectivity index (χ3v) is 6.59. The predicted molar refractivity (Wildman–Crippen MR) is 158 cm³/mol. The fraction of sp³-hybridized carbons (Fsp3) is 0.0909. The van der Waals surface area contributed by atoms with E-state index in [0.717, 1.165) is 33.5 Å². The highest BCUT2D eigenvalue weighted by Crippen LogP contribution is 2.35. The number of ether oxygens (including phenoxy) is 1. The van der Waals surface area contributed by atoms with E-state index >= 15 is 0 Å². The molecule has 5 aromatic rings. The molecule has 0 fully saturated rings. The largest absolute Gasteiger partial charge is 0.673 e. The van der Waals surface area contributed by atoms with E-state index in [1.165, 1.54) is 6.92 Å². The van der Waals surface area contributed by atoms with E-state index in [-0.39, 0.29) is 12.0 Å². The molecule has 3 nitrogen and oxygen atoms in total. The van der Waals surface area contributed by atoms with Gasteiger partial charge in [-0.25, -0.2) is 0 Å². The average Bonchev–Trinajstić information content (AvgIpc) is 2.97. The minimum Gasteiger partial charge on any atom is -0.450 e. The summed E-state index contributed by atoms with van der Waals surface area (Å²) in [5.74, 6) is -0.353. The molecular weight excluding hydrogens is 565 g/mol. The van der Waals surface area contributed by atoms with Crippen molar-refractivity contribution in [3.8, 4) is 22.4 Å². The van der Waals surface area contributed by atoms with Crippen LogP contribution in [0.15, 0.2) is 134 Å². The van der Waals surface area contributed by atoms with Crippen molar-refractivity contribution >= 4 is 24.8 Å². The first-order valence-corrected chi connectivity index (χ1v) is 13.5. The van der Waals surface area contributed by atoms with Crippen molar-refractivity contribution in [3.63, 3.8) is 0 Å². The summed E-state index contributed by atoms with van der Waals surface area (Å²) in [6.45, 7) is 1.45. The van der Waals surface area contributed by atoms with Gasteiger partial charge in [0.1, 0.15) is 0 Å². The van der Waals surface area contributed by atoms with Gasteiger partial charge in [-0.1, -0.05) is 103 Å². The van der Waals surface area contributed by atoms with E-state index in [2.05, 4.69) is 59.3 Å². The maximum Gasteiger partial charge on any atom is 0.673 e. The highest BCUT2D eigenvalue weighted by atomic mass is 35.5. The zero-order valence-electron chi connectivity index (χ0n) is 22.6. The molecule has 0 bridgehead atoms. The van der Waals surface area contributed by atoms with Gasteiger partial charge in [-0.15, -0.1) is 0 Å². The fourth-order valence-electron chi connectivity index (χ4n) is 4.71. The number of hydrogen-bond acceptors (Lipinski definition) is 2. The molecule has 4 aromatic carbocycles. The predicted octanol–water partition coefficient (Wildman–Crippen LogP) is 9.16. The van der Waals surface area contributed by atoms with Gasteiger partial charge in [0.2, 0.25) is 11.7 Å². The Kier molecular flexibility index (Phi) is 10.2. The number of carbonyl (C=O) groups is 1. The summed E-state index contributed by atoms with van der Waals surface area (Å²) in [6, 6.07) is 42.2. The average molecular weight is 592 g/mol. The van der Waals surface area contributed by atoms with E-state index in [9.17, 15) is 22.1 Å². The molecule has 5 rings (SSSR count). The first-order valence-electron chi connectivity index (χ1n) is 13.1. The molecular formula is C33H27BClF4NO2. The van der Waals surface area contributed by atoms with Crippen LogP contribution < -0.4 is 4.57 Å². The van der Waals surface area contributed by atoms with Crippen LogP contribution >= 0.6 is 11.6 Å². The van der Waals surface area contributed by atoms with Crippen LogP contribution in [0.2, 0.25) is 5.02 Å². The molecule has 2 unspecified atom stereocenters. The van der Waals surface area contributed by atoms with Crippen molar-refractivity contribution in [1.29, 1.82) is 0 Å². The first kappa shape index (κ1) is 30.5. The molecule has 0 saturated heterocycles. The molecule has 214 valence electrons. The summed E-state index contributed by atoms with van der Waals surface area (Å²) < 4.78 is 47.2. The second kappa shape index (κ2) is 14.0. The summed E-state index contributed by atoms with van der Waals surface area (Å²) in [4.78, 5) is 12.4. The molecule has 0 aliphatic rings. The van der Waals surface area contributed by atoms with Crippen molar-refractivity contribution in [2.45, 2.75) is 19.1 Å². The number of esters is 1. The molecule has 1 heterocycles. The van der Waals surface area contributed by atoms with Crippen LogP contribution in [-0.4, -0.2) is 13.2 Å². The summed E-state index contributed by atoms with van der Waals surface area (Å²) in [5, 5.41) is 0.592. The zero-order chi connectivity index (χ0) is 30.1. The van der Waals surface area contributed by atoms with E-state index in [4.69, 9.17) is 16.3 Å². The van der Waals surface area contributed by atoms with Crippen LogP contribution in [0.5, 0.6) is 0 Å². The molecule has 2 atom stereocenters. The summed E-state index contributed by atoms with van der Waals surface area (Å²) in [5.41, 5.74) is 6.16. The van der Waals surface area contributed by atoms with E-state index in [0.29, 0.717) is 5.02 Å². The molecule has 9 heteroatoms. The normalized spacial score (nSPS) is 12.4. The summed E-state index contributed by atoms with van der Waals surface area (Å²) >= 11 is 6.39. The lowest BCUT2D eigenvalue weighted by molar-refractivity contribution is -0.711. The van der Waals surface area contributed by atoms with Gasteiger partial charge >= 0.3 is 13.2 Å². The molecule has 0 aliphatic carbocycles. The minimum absolute atomic E-state index is 0.344. The number of aromatic nitrogens is 1. The smallest absolute Gasteiger partial charge is 0.450 e. The van der Waals surface area contributed by atoms with Gasteiger partial charge in [-0.05, 0) is 35.4 Å². The molecule has 0 radical (unpaired) electrons. The molecule has 0 N–H and O–H groups in total. The van der Waals surface area contributed by atoms with Crippen LogP contribution in [0.3, 0.4) is 0 Å². The SMILES string of the molecule is CC(=O)OC(c1cccc(Cl)c1)C(c1ccccc1)[n+]1ccc(-c2ccccc2)cc1-c1ccccc1.F[B-](F)(F)F. The minimum atomic E-state index is -6.00. The Hall–Kier alpha value is -4.43. The molecule has 0 spiro atoms. The topological polar surface area (TPSA) is 30.2 Å². The van der Waals surface area contributed by atoms with E-state index < -0.39 is 13.4 Å². The van der Waals surface area contributed by atoms with Crippen LogP contribution in [-0.2, 0) is 9.53 Å². The van der Waals surface area contributed by atoms with Crippen molar-refractivity contribution < 1.29 is 31.4 Å². The van der Waals surface area contributed by atoms with Gasteiger partial charge in [-0.3, -0.25) is 4.79 Å². The van der Waals surface area contributed by atoms with E-state index in [1.54, 1.807) is 0 Å². The quantitative estimate of drug-likeness (QED) is 0.0818. The highest BCUT2D eigenvalue weighted by Gasteiger charge is 2.37. The highest BCUT2D eigenvalue weighted by molar-refractivity contribution is 6.50. The standard InChI is InChI=1S/C33H27ClNO2.BF4/c1-24(36)37-33(29-18-11-19-30(34)22-29)32(27-16-9-4-10-17-27)35-21-20-28(25-12-5-2-6-13-25)23-31(35)26-14-7-3-8-15-26;2-1(3,4)5/h2-23,32-33H,1H3;/q+1;-1. The Morgan fingerprint density at radius 2 is 1.21 bits per heavy atom. The van der Waals surface area contributed by atoms with Crippen LogP contribution in [0, 0.1) is 0 Å². The van der Waals surface area contributed by atoms with Crippen molar-refractivity contribution in [1.82, 2.24) is 0 Å². The lowest BCUT2D eigenvalue weighted by atomic mass is 9.93. The summed E-state index contributed by atoms with van der Waals surface area (Å²) in [7, 11) is -6.00. The number of carbonyl (C=O) groups excluding carboxylic acids is 1. The second-order valence-electron chi connectivity index (χ2n) is 9.38. The number of halogens is 5. The lowest BCUT2D eigenvalue weighted by Gasteiger charge is -2.25. The van der Waals surface area contributed by atoms with Crippen LogP contribution in [0.1, 0.15) is 30.2 Å². The zero-order valence-corrected chi connectivity index (χ0v) is 23.3. The third kappa shape index (κ3) is 8.54. The van der Waals surface area contributed by atoms with Crippen molar-refractivity contribution in [3.05, 3.63) is 150 Å². The van der Waals surface area contributed by atoms with Gasteiger partial charge in [0.25, 0.3) is 0 Å². The van der Waals surface area contributed by atoms with Crippen molar-refractivity contribution in [2.75, 3.05) is 0 Å². The van der Waals surface area contributed by atoms with Gasteiger partial charge in [0.15, 0.2) is 12.3 Å². The molecule has 0 amide bonds. The van der Waals surface area contributed by atoms with Crippen LogP contribution in [0.25, 0.3) is 22.4 Å². The number of pyridine rings is 1. The Morgan fingerprint density at radius 1 is 0.690 bits per heavy atom. The number of hydrogen-bond donors (Lipinski definition) is 0. The lowest BCUT2D eigenvalue weighted by Crippen LogP contribution is -2.46. The molecule has 1 aromatic heterocycles. The van der Waals surface area contributed by atoms with Gasteiger partial charge < -0.3 is 22.0 Å². The third-order valence-electron chi connectivity index (χ3n) is 6.36. The molecule has 0 aliphatic heterocycles. The fourth-order valence-corrected chi connectivity index (χ4v) is 4.91. The van der Waals surface area contributed by atoms with Gasteiger partial charge in [0, 0.05) is 40.8 Å². The number of rotatable bonds is 7. The Labute approximate surface area is 247 Å².